The highest BCUT2D eigenvalue weighted by molar-refractivity contribution is 6.36. The number of hydrogen-bond acceptors (Lipinski definition) is 6. The van der Waals surface area contributed by atoms with Gasteiger partial charge in [0.15, 0.2) is 0 Å². The number of likely N-dealkylation sites (tertiary alicyclic amines) is 1. The maximum absolute atomic E-state index is 13.2. The highest BCUT2D eigenvalue weighted by Crippen LogP contribution is 2.47. The number of likely N-dealkylation sites (N-methyl/N-ethyl adjacent to an activating group) is 1. The molecule has 2 saturated heterocycles. The molecule has 2 fully saturated rings. The predicted octanol–water partition coefficient (Wildman–Crippen LogP) is 5.87. The van der Waals surface area contributed by atoms with Crippen LogP contribution in [0.5, 0.6) is 5.88 Å². The van der Waals surface area contributed by atoms with Crippen molar-refractivity contribution in [3.8, 4) is 28.3 Å². The summed E-state index contributed by atoms with van der Waals surface area (Å²) in [4.78, 5) is 46.6. The molecule has 2 aliphatic heterocycles. The van der Waals surface area contributed by atoms with Crippen molar-refractivity contribution in [3.05, 3.63) is 88.5 Å². The molecule has 1 aliphatic carbocycles. The third-order valence-corrected chi connectivity index (χ3v) is 10.1. The fourth-order valence-corrected chi connectivity index (χ4v) is 7.61. The lowest BCUT2D eigenvalue weighted by Crippen LogP contribution is -2.44. The smallest absolute Gasteiger partial charge is 0.261 e. The number of methoxy groups -OCH3 is 1. The highest BCUT2D eigenvalue weighted by atomic mass is 35.5. The minimum absolute atomic E-state index is 0.0109. The molecule has 1 spiro atoms. The van der Waals surface area contributed by atoms with Crippen LogP contribution < -0.4 is 15.4 Å². The summed E-state index contributed by atoms with van der Waals surface area (Å²) in [7, 11) is 4.85. The second-order valence-corrected chi connectivity index (χ2v) is 13.2. The first kappa shape index (κ1) is 32.5. The van der Waals surface area contributed by atoms with Gasteiger partial charge in [-0.1, -0.05) is 54.6 Å². The number of nitrogens with zero attached hydrogens (tertiary/aromatic N) is 3. The topological polar surface area (TPSA) is 104 Å². The molecular weight excluding hydrogens is 614 g/mol. The summed E-state index contributed by atoms with van der Waals surface area (Å²) in [6.07, 6.45) is 7.16. The molecule has 0 bridgehead atoms. The Hall–Kier alpha value is -4.47. The molecule has 3 aliphatic rings. The van der Waals surface area contributed by atoms with Gasteiger partial charge >= 0.3 is 0 Å². The summed E-state index contributed by atoms with van der Waals surface area (Å²) in [6.45, 7) is 7.33. The van der Waals surface area contributed by atoms with Gasteiger partial charge in [-0.3, -0.25) is 19.3 Å². The Balaban J connectivity index is 1.30. The summed E-state index contributed by atoms with van der Waals surface area (Å²) in [6, 6.07) is 13.8. The molecule has 0 saturated carbocycles. The molecule has 2 atom stereocenters. The Labute approximate surface area is 280 Å². The van der Waals surface area contributed by atoms with Crippen molar-refractivity contribution in [2.24, 2.45) is 0 Å². The van der Waals surface area contributed by atoms with Gasteiger partial charge in [-0.2, -0.15) is 0 Å². The summed E-state index contributed by atoms with van der Waals surface area (Å²) >= 11 is 7.15. The second kappa shape index (κ2) is 13.0. The van der Waals surface area contributed by atoms with Crippen molar-refractivity contribution < 1.29 is 19.1 Å². The van der Waals surface area contributed by atoms with Crippen molar-refractivity contribution in [1.29, 1.82) is 0 Å². The van der Waals surface area contributed by atoms with Gasteiger partial charge in [0.25, 0.3) is 11.8 Å². The Morgan fingerprint density at radius 2 is 1.89 bits per heavy atom. The molecule has 244 valence electrons. The standard InChI is InChI=1S/C37H40ClN5O4/c1-6-9-27(36(46)42(3)4)34(45)39-28-13-8-10-24(22(28)2)25-11-7-12-26(33(25)38)29-20-23-14-15-30(32(23)35(40-29)47-5)43-19-18-37(21-43)17-16-31(44)41-37/h6-13,20,30H,1,14-19,21H2,2-5H3,(H,39,45)(H,41,44)/b27-9-. The number of aromatic nitrogens is 1. The Morgan fingerprint density at radius 3 is 2.60 bits per heavy atom. The molecule has 3 aromatic rings. The predicted molar refractivity (Wildman–Crippen MR) is 184 cm³/mol. The fraction of sp³-hybridized carbons (Fsp3) is 0.351. The summed E-state index contributed by atoms with van der Waals surface area (Å²) in [5.74, 6) is -0.176. The molecule has 2 N–H and O–H groups in total. The number of amides is 3. The van der Waals surface area contributed by atoms with Gasteiger partial charge in [-0.25, -0.2) is 4.98 Å². The molecular formula is C37H40ClN5O4. The molecule has 1 aromatic heterocycles. The number of ether oxygens (including phenoxy) is 1. The van der Waals surface area contributed by atoms with E-state index in [1.165, 1.54) is 22.6 Å². The van der Waals surface area contributed by atoms with Crippen LogP contribution in [-0.4, -0.2) is 72.3 Å². The van der Waals surface area contributed by atoms with Gasteiger partial charge in [0, 0.05) is 62.0 Å². The molecule has 3 heterocycles. The number of anilines is 1. The number of aryl methyl sites for hydroxylation is 1. The van der Waals surface area contributed by atoms with E-state index in [0.717, 1.165) is 72.3 Å². The number of allylic oxidation sites excluding steroid dienone is 2. The van der Waals surface area contributed by atoms with E-state index in [2.05, 4.69) is 28.2 Å². The van der Waals surface area contributed by atoms with E-state index < -0.39 is 11.8 Å². The van der Waals surface area contributed by atoms with Crippen molar-refractivity contribution in [3.63, 3.8) is 0 Å². The zero-order valence-corrected chi connectivity index (χ0v) is 28.0. The number of halogens is 1. The van der Waals surface area contributed by atoms with Crippen LogP contribution in [0.3, 0.4) is 0 Å². The van der Waals surface area contributed by atoms with Crippen LogP contribution in [0.15, 0.2) is 66.8 Å². The lowest BCUT2D eigenvalue weighted by atomic mass is 9.95. The minimum atomic E-state index is -0.520. The molecule has 0 radical (unpaired) electrons. The first-order chi connectivity index (χ1) is 22.6. The van der Waals surface area contributed by atoms with Crippen LogP contribution in [0.4, 0.5) is 5.69 Å². The molecule has 10 heteroatoms. The SMILES string of the molecule is C=C/C=C(/C(=O)Nc1cccc(-c2cccc(-c3cc4c(c(OC)n3)C(N3CCC5(CCC(=O)N5)C3)CC4)c2Cl)c1C)C(=O)N(C)C. The van der Waals surface area contributed by atoms with E-state index >= 15 is 0 Å². The molecule has 2 aromatic carbocycles. The first-order valence-corrected chi connectivity index (χ1v) is 16.3. The molecule has 6 rings (SSSR count). The number of pyridine rings is 1. The monoisotopic (exact) mass is 653 g/mol. The maximum Gasteiger partial charge on any atom is 0.261 e. The number of carbonyl (C=O) groups is 3. The zero-order valence-electron chi connectivity index (χ0n) is 27.3. The molecule has 2 unspecified atom stereocenters. The first-order valence-electron chi connectivity index (χ1n) is 15.9. The van der Waals surface area contributed by atoms with Crippen LogP contribution in [0, 0.1) is 6.92 Å². The van der Waals surface area contributed by atoms with Crippen LogP contribution in [0.1, 0.15) is 48.4 Å². The van der Waals surface area contributed by atoms with Crippen LogP contribution in [0.2, 0.25) is 5.02 Å². The lowest BCUT2D eigenvalue weighted by Gasteiger charge is -2.28. The van der Waals surface area contributed by atoms with Crippen LogP contribution in [0.25, 0.3) is 22.4 Å². The highest BCUT2D eigenvalue weighted by Gasteiger charge is 2.46. The van der Waals surface area contributed by atoms with Crippen molar-refractivity contribution >= 4 is 35.0 Å². The molecule has 3 amide bonds. The number of nitrogens with one attached hydrogen (secondary N) is 2. The Bertz CT molecular complexity index is 1820. The third kappa shape index (κ3) is 6.05. The average Bonchev–Trinajstić information content (AvgIpc) is 3.78. The maximum atomic E-state index is 13.2. The van der Waals surface area contributed by atoms with Crippen molar-refractivity contribution in [2.45, 2.75) is 50.6 Å². The van der Waals surface area contributed by atoms with E-state index in [9.17, 15) is 14.4 Å². The molecule has 9 nitrogen and oxygen atoms in total. The van der Waals surface area contributed by atoms with Gasteiger partial charge in [-0.15, -0.1) is 0 Å². The Morgan fingerprint density at radius 1 is 1.15 bits per heavy atom. The largest absolute Gasteiger partial charge is 0.481 e. The summed E-state index contributed by atoms with van der Waals surface area (Å²) in [5, 5.41) is 6.68. The van der Waals surface area contributed by atoms with Gasteiger partial charge in [-0.05, 0) is 67.5 Å². The summed E-state index contributed by atoms with van der Waals surface area (Å²) < 4.78 is 5.91. The van der Waals surface area contributed by atoms with Gasteiger partial charge in [0.2, 0.25) is 11.8 Å². The van der Waals surface area contributed by atoms with Gasteiger partial charge in [0.1, 0.15) is 5.57 Å². The van der Waals surface area contributed by atoms with Gasteiger partial charge in [0.05, 0.1) is 23.4 Å². The number of fused-ring (bicyclic) bond motifs is 1. The lowest BCUT2D eigenvalue weighted by molar-refractivity contribution is -0.127. The second-order valence-electron chi connectivity index (χ2n) is 12.8. The number of hydrogen-bond donors (Lipinski definition) is 2. The van der Waals surface area contributed by atoms with Crippen LogP contribution in [-0.2, 0) is 20.8 Å². The fourth-order valence-electron chi connectivity index (χ4n) is 7.28. The van der Waals surface area contributed by atoms with Crippen molar-refractivity contribution in [1.82, 2.24) is 20.1 Å². The average molecular weight is 654 g/mol. The van der Waals surface area contributed by atoms with E-state index in [1.54, 1.807) is 27.3 Å². The van der Waals surface area contributed by atoms with E-state index in [4.69, 9.17) is 21.3 Å². The van der Waals surface area contributed by atoms with E-state index in [-0.39, 0.29) is 23.1 Å². The summed E-state index contributed by atoms with van der Waals surface area (Å²) in [5.41, 5.74) is 6.74. The van der Waals surface area contributed by atoms with Crippen LogP contribution >= 0.6 is 11.6 Å². The Kier molecular flexibility index (Phi) is 8.96. The minimum Gasteiger partial charge on any atom is -0.481 e. The third-order valence-electron chi connectivity index (χ3n) is 9.69. The number of carbonyl (C=O) groups excluding carboxylic acids is 3. The van der Waals surface area contributed by atoms with Crippen molar-refractivity contribution in [2.75, 3.05) is 39.6 Å². The number of rotatable bonds is 8. The number of benzene rings is 2. The quantitative estimate of drug-likeness (QED) is 0.137. The molecule has 47 heavy (non-hydrogen) atoms. The van der Waals surface area contributed by atoms with Gasteiger partial charge < -0.3 is 20.3 Å². The van der Waals surface area contributed by atoms with E-state index in [1.807, 2.05) is 37.3 Å². The zero-order chi connectivity index (χ0) is 33.5. The normalized spacial score (nSPS) is 20.7. The van der Waals surface area contributed by atoms with E-state index in [0.29, 0.717) is 23.0 Å².